The van der Waals surface area contributed by atoms with Gasteiger partial charge in [0.25, 0.3) is 5.91 Å². The molecule has 3 amide bonds. The van der Waals surface area contributed by atoms with Crippen molar-refractivity contribution >= 4 is 29.0 Å². The van der Waals surface area contributed by atoms with Gasteiger partial charge in [0.15, 0.2) is 6.61 Å². The maximum absolute atomic E-state index is 13.9. The van der Waals surface area contributed by atoms with Crippen molar-refractivity contribution in [2.45, 2.75) is 0 Å². The Kier molecular flexibility index (Phi) is 4.53. The van der Waals surface area contributed by atoms with Crippen molar-refractivity contribution < 1.29 is 18.7 Å². The molecule has 1 saturated heterocycles. The average Bonchev–Trinajstić information content (AvgIpc) is 2.68. The van der Waals surface area contributed by atoms with E-state index in [9.17, 15) is 14.0 Å². The van der Waals surface area contributed by atoms with Gasteiger partial charge in [0.2, 0.25) is 0 Å². The van der Waals surface area contributed by atoms with E-state index < -0.39 is 0 Å². The Morgan fingerprint density at radius 2 is 1.89 bits per heavy atom. The van der Waals surface area contributed by atoms with Crippen molar-refractivity contribution in [1.29, 1.82) is 0 Å². The number of nitrogens with zero attached hydrogens (tertiary/aromatic N) is 2. The first-order valence-electron chi connectivity index (χ1n) is 8.72. The van der Waals surface area contributed by atoms with Crippen molar-refractivity contribution in [3.8, 4) is 5.75 Å². The lowest BCUT2D eigenvalue weighted by Gasteiger charge is -2.36. The van der Waals surface area contributed by atoms with Crippen LogP contribution in [-0.4, -0.2) is 49.6 Å². The van der Waals surface area contributed by atoms with Crippen LogP contribution in [0.4, 0.5) is 26.2 Å². The van der Waals surface area contributed by atoms with Gasteiger partial charge in [-0.15, -0.1) is 0 Å². The highest BCUT2D eigenvalue weighted by Crippen LogP contribution is 2.30. The number of rotatable bonds is 2. The first-order chi connectivity index (χ1) is 13.1. The van der Waals surface area contributed by atoms with Gasteiger partial charge in [-0.05, 0) is 24.3 Å². The van der Waals surface area contributed by atoms with Crippen molar-refractivity contribution in [3.63, 3.8) is 0 Å². The van der Waals surface area contributed by atoms with Gasteiger partial charge in [-0.25, -0.2) is 9.18 Å². The van der Waals surface area contributed by atoms with Crippen LogP contribution < -0.4 is 20.3 Å². The van der Waals surface area contributed by atoms with Crippen molar-refractivity contribution in [2.24, 2.45) is 0 Å². The number of benzene rings is 2. The lowest BCUT2D eigenvalue weighted by atomic mass is 10.2. The Balaban J connectivity index is 1.36. The first kappa shape index (κ1) is 17.1. The lowest BCUT2D eigenvalue weighted by Crippen LogP contribution is -2.50. The molecule has 8 heteroatoms. The van der Waals surface area contributed by atoms with Crippen LogP contribution in [0.1, 0.15) is 0 Å². The van der Waals surface area contributed by atoms with Gasteiger partial charge in [0.1, 0.15) is 11.6 Å². The zero-order chi connectivity index (χ0) is 18.8. The number of para-hydroxylation sites is 1. The molecule has 2 aliphatic rings. The maximum Gasteiger partial charge on any atom is 0.321 e. The van der Waals surface area contributed by atoms with Crippen molar-refractivity contribution in [1.82, 2.24) is 4.90 Å². The minimum absolute atomic E-state index is 0.0393. The molecule has 0 atom stereocenters. The summed E-state index contributed by atoms with van der Waals surface area (Å²) in [6.07, 6.45) is 0. The molecule has 0 aliphatic carbocycles. The van der Waals surface area contributed by atoms with Crippen LogP contribution in [0.15, 0.2) is 42.5 Å². The van der Waals surface area contributed by atoms with Gasteiger partial charge >= 0.3 is 6.03 Å². The van der Waals surface area contributed by atoms with Crippen LogP contribution >= 0.6 is 0 Å². The molecule has 4 rings (SSSR count). The minimum Gasteiger partial charge on any atom is -0.482 e. The molecule has 0 saturated carbocycles. The predicted octanol–water partition coefficient (Wildman–Crippen LogP) is 2.51. The molecule has 1 fully saturated rings. The average molecular weight is 370 g/mol. The number of carbonyl (C=O) groups excluding carboxylic acids is 2. The summed E-state index contributed by atoms with van der Waals surface area (Å²) in [6.45, 7) is 2.08. The Bertz CT molecular complexity index is 881. The van der Waals surface area contributed by atoms with E-state index in [1.54, 1.807) is 41.3 Å². The number of hydrogen-bond donors (Lipinski definition) is 2. The number of piperazine rings is 1. The van der Waals surface area contributed by atoms with E-state index in [1.165, 1.54) is 6.07 Å². The van der Waals surface area contributed by atoms with E-state index in [4.69, 9.17) is 4.74 Å². The SMILES string of the molecule is O=C1COc2cc(NC(=O)N3CCN(c4ccccc4F)CC3)ccc2N1. The van der Waals surface area contributed by atoms with Crippen LogP contribution in [0, 0.1) is 5.82 Å². The Morgan fingerprint density at radius 1 is 1.11 bits per heavy atom. The number of halogens is 1. The Morgan fingerprint density at radius 3 is 2.67 bits per heavy atom. The lowest BCUT2D eigenvalue weighted by molar-refractivity contribution is -0.118. The molecule has 7 nitrogen and oxygen atoms in total. The number of ether oxygens (including phenoxy) is 1. The van der Waals surface area contributed by atoms with Crippen LogP contribution in [0.5, 0.6) is 5.75 Å². The van der Waals surface area contributed by atoms with Gasteiger partial charge in [0.05, 0.1) is 11.4 Å². The summed E-state index contributed by atoms with van der Waals surface area (Å²) in [5.41, 5.74) is 1.74. The van der Waals surface area contributed by atoms with Crippen LogP contribution in [0.3, 0.4) is 0 Å². The summed E-state index contributed by atoms with van der Waals surface area (Å²) in [5.74, 6) is 0.0698. The molecule has 0 aromatic heterocycles. The third-order valence-electron chi connectivity index (χ3n) is 4.63. The Hall–Kier alpha value is -3.29. The highest BCUT2D eigenvalue weighted by molar-refractivity contribution is 5.96. The molecular formula is C19H19FN4O3. The van der Waals surface area contributed by atoms with Gasteiger partial charge < -0.3 is 25.2 Å². The molecule has 2 aromatic rings. The molecule has 0 bridgehead atoms. The predicted molar refractivity (Wildman–Crippen MR) is 99.8 cm³/mol. The molecule has 0 radical (unpaired) electrons. The van der Waals surface area contributed by atoms with Crippen molar-refractivity contribution in [2.75, 3.05) is 48.3 Å². The topological polar surface area (TPSA) is 73.9 Å². The number of amides is 3. The summed E-state index contributed by atoms with van der Waals surface area (Å²) in [5, 5.41) is 5.55. The monoisotopic (exact) mass is 370 g/mol. The number of carbonyl (C=O) groups is 2. The largest absolute Gasteiger partial charge is 0.482 e. The van der Waals surface area contributed by atoms with Crippen LogP contribution in [0.2, 0.25) is 0 Å². The smallest absolute Gasteiger partial charge is 0.321 e. The number of hydrogen-bond acceptors (Lipinski definition) is 4. The van der Waals surface area contributed by atoms with Gasteiger partial charge in [-0.2, -0.15) is 0 Å². The van der Waals surface area contributed by atoms with Gasteiger partial charge in [-0.3, -0.25) is 4.79 Å². The second-order valence-corrected chi connectivity index (χ2v) is 6.40. The number of fused-ring (bicyclic) bond motifs is 1. The fraction of sp³-hybridized carbons (Fsp3) is 0.263. The van der Waals surface area contributed by atoms with Gasteiger partial charge in [0, 0.05) is 37.9 Å². The molecule has 0 spiro atoms. The molecule has 2 aliphatic heterocycles. The maximum atomic E-state index is 13.9. The number of nitrogens with one attached hydrogen (secondary N) is 2. The second kappa shape index (κ2) is 7.14. The van der Waals surface area contributed by atoms with E-state index in [0.29, 0.717) is 49.0 Å². The quantitative estimate of drug-likeness (QED) is 0.852. The molecule has 140 valence electrons. The second-order valence-electron chi connectivity index (χ2n) is 6.40. The zero-order valence-electron chi connectivity index (χ0n) is 14.6. The van der Waals surface area contributed by atoms with E-state index in [2.05, 4.69) is 10.6 Å². The summed E-state index contributed by atoms with van der Waals surface area (Å²) < 4.78 is 19.3. The number of anilines is 3. The molecule has 2 aromatic carbocycles. The van der Waals surface area contributed by atoms with E-state index in [1.807, 2.05) is 4.90 Å². The van der Waals surface area contributed by atoms with E-state index in [0.717, 1.165) is 0 Å². The van der Waals surface area contributed by atoms with Crippen LogP contribution in [-0.2, 0) is 4.79 Å². The summed E-state index contributed by atoms with van der Waals surface area (Å²) in [6, 6.07) is 11.5. The van der Waals surface area contributed by atoms with E-state index >= 15 is 0 Å². The third kappa shape index (κ3) is 3.64. The minimum atomic E-state index is -0.253. The molecule has 27 heavy (non-hydrogen) atoms. The molecular weight excluding hydrogens is 351 g/mol. The first-order valence-corrected chi connectivity index (χ1v) is 8.72. The summed E-state index contributed by atoms with van der Waals surface area (Å²) in [4.78, 5) is 27.4. The molecule has 0 unspecified atom stereocenters. The van der Waals surface area contributed by atoms with Crippen LogP contribution in [0.25, 0.3) is 0 Å². The fourth-order valence-corrected chi connectivity index (χ4v) is 3.21. The fourth-order valence-electron chi connectivity index (χ4n) is 3.21. The summed E-state index contributed by atoms with van der Waals surface area (Å²) in [7, 11) is 0. The number of urea groups is 1. The van der Waals surface area contributed by atoms with Gasteiger partial charge in [-0.1, -0.05) is 12.1 Å². The summed E-state index contributed by atoms with van der Waals surface area (Å²) >= 11 is 0. The Labute approximate surface area is 155 Å². The third-order valence-corrected chi connectivity index (χ3v) is 4.63. The van der Waals surface area contributed by atoms with E-state index in [-0.39, 0.29) is 24.4 Å². The highest BCUT2D eigenvalue weighted by Gasteiger charge is 2.23. The standard InChI is InChI=1S/C19H19FN4O3/c20-14-3-1-2-4-16(14)23-7-9-24(10-8-23)19(26)21-13-5-6-15-17(11-13)27-12-18(25)22-15/h1-6,11H,7-10,12H2,(H,21,26)(H,22,25). The molecule has 2 heterocycles. The van der Waals surface area contributed by atoms with Crippen molar-refractivity contribution in [3.05, 3.63) is 48.3 Å². The highest BCUT2D eigenvalue weighted by atomic mass is 19.1. The zero-order valence-corrected chi connectivity index (χ0v) is 14.6. The molecule has 2 N–H and O–H groups in total. The normalized spacial score (nSPS) is 16.3.